The molecule has 5 nitrogen and oxygen atoms in total. The van der Waals surface area contributed by atoms with Crippen molar-refractivity contribution in [1.82, 2.24) is 5.32 Å². The van der Waals surface area contributed by atoms with Crippen LogP contribution >= 0.6 is 15.9 Å². The van der Waals surface area contributed by atoms with E-state index in [9.17, 15) is 27.6 Å². The van der Waals surface area contributed by atoms with Gasteiger partial charge in [-0.15, -0.1) is 0 Å². The van der Waals surface area contributed by atoms with Gasteiger partial charge < -0.3 is 0 Å². The molecule has 100 valence electrons. The number of halogens is 4. The van der Waals surface area contributed by atoms with Crippen molar-refractivity contribution in [2.75, 3.05) is 4.90 Å². The van der Waals surface area contributed by atoms with E-state index in [0.29, 0.717) is 11.0 Å². The summed E-state index contributed by atoms with van der Waals surface area (Å²) >= 11 is 2.93. The molecule has 1 saturated heterocycles. The zero-order chi connectivity index (χ0) is 14.4. The molecule has 0 radical (unpaired) electrons. The van der Waals surface area contributed by atoms with Gasteiger partial charge in [0.2, 0.25) is 0 Å². The van der Waals surface area contributed by atoms with Crippen molar-refractivity contribution < 1.29 is 27.6 Å². The van der Waals surface area contributed by atoms with E-state index in [1.807, 2.05) is 0 Å². The fourth-order valence-electron chi connectivity index (χ4n) is 1.48. The van der Waals surface area contributed by atoms with Gasteiger partial charge in [0.15, 0.2) is 0 Å². The number of carbonyl (C=O) groups is 3. The van der Waals surface area contributed by atoms with Crippen LogP contribution in [0.1, 0.15) is 5.56 Å². The van der Waals surface area contributed by atoms with Crippen molar-refractivity contribution in [3.8, 4) is 0 Å². The number of carbonyl (C=O) groups excluding carboxylic acids is 3. The molecule has 2 rings (SSSR count). The van der Waals surface area contributed by atoms with Gasteiger partial charge in [-0.1, -0.05) is 0 Å². The van der Waals surface area contributed by atoms with E-state index in [0.717, 1.165) is 12.1 Å². The minimum atomic E-state index is -4.63. The Hall–Kier alpha value is -1.90. The van der Waals surface area contributed by atoms with E-state index in [1.165, 1.54) is 0 Å². The summed E-state index contributed by atoms with van der Waals surface area (Å²) in [4.78, 5) is 34.1. The predicted octanol–water partition coefficient (Wildman–Crippen LogP) is 2.05. The van der Waals surface area contributed by atoms with Gasteiger partial charge in [-0.3, -0.25) is 14.9 Å². The highest BCUT2D eigenvalue weighted by Gasteiger charge is 2.40. The first-order valence-electron chi connectivity index (χ1n) is 4.78. The number of amides is 4. The number of alkyl halides is 3. The molecular weight excluding hydrogens is 333 g/mol. The van der Waals surface area contributed by atoms with Crippen molar-refractivity contribution in [3.63, 3.8) is 0 Å². The van der Waals surface area contributed by atoms with Gasteiger partial charge in [0, 0.05) is 4.47 Å². The maximum Gasteiger partial charge on any atom is 0.416 e. The number of benzene rings is 1. The molecule has 1 aromatic carbocycles. The summed E-state index contributed by atoms with van der Waals surface area (Å²) in [5.74, 6) is -2.42. The quantitative estimate of drug-likeness (QED) is 0.630. The Kier molecular flexibility index (Phi) is 3.09. The van der Waals surface area contributed by atoms with Gasteiger partial charge in [0.05, 0.1) is 11.3 Å². The highest BCUT2D eigenvalue weighted by molar-refractivity contribution is 9.10. The van der Waals surface area contributed by atoms with Crippen LogP contribution in [0.15, 0.2) is 22.7 Å². The summed E-state index contributed by atoms with van der Waals surface area (Å²) < 4.78 is 37.8. The summed E-state index contributed by atoms with van der Waals surface area (Å²) in [5, 5.41) is 1.70. The van der Waals surface area contributed by atoms with Crippen molar-refractivity contribution in [2.24, 2.45) is 0 Å². The lowest BCUT2D eigenvalue weighted by molar-refractivity contribution is -0.137. The third-order valence-corrected chi connectivity index (χ3v) is 3.01. The zero-order valence-corrected chi connectivity index (χ0v) is 10.5. The van der Waals surface area contributed by atoms with Crippen LogP contribution in [0.25, 0.3) is 0 Å². The molecule has 0 bridgehead atoms. The number of rotatable bonds is 1. The first-order chi connectivity index (χ1) is 8.71. The monoisotopic (exact) mass is 336 g/mol. The molecule has 1 fully saturated rings. The number of hydrogen-bond acceptors (Lipinski definition) is 3. The normalized spacial score (nSPS) is 16.0. The number of hydrogen-bond donors (Lipinski definition) is 1. The zero-order valence-electron chi connectivity index (χ0n) is 8.92. The average Bonchev–Trinajstić information content (AvgIpc) is 2.53. The molecule has 0 aliphatic carbocycles. The minimum Gasteiger partial charge on any atom is -0.269 e. The Morgan fingerprint density at radius 1 is 1.16 bits per heavy atom. The van der Waals surface area contributed by atoms with Crippen LogP contribution in [0.5, 0.6) is 0 Å². The topological polar surface area (TPSA) is 66.5 Å². The second kappa shape index (κ2) is 4.34. The lowest BCUT2D eigenvalue weighted by Gasteiger charge is -2.15. The maximum absolute atomic E-state index is 12.6. The van der Waals surface area contributed by atoms with Crippen LogP contribution in [0.4, 0.5) is 23.7 Å². The fraction of sp³-hybridized carbons (Fsp3) is 0.100. The van der Waals surface area contributed by atoms with Crippen molar-refractivity contribution in [1.29, 1.82) is 0 Å². The highest BCUT2D eigenvalue weighted by Crippen LogP contribution is 2.36. The largest absolute Gasteiger partial charge is 0.416 e. The van der Waals surface area contributed by atoms with Gasteiger partial charge >= 0.3 is 24.0 Å². The Bertz CT molecular complexity index is 600. The first kappa shape index (κ1) is 13.5. The Morgan fingerprint density at radius 3 is 2.26 bits per heavy atom. The molecule has 1 N–H and O–H groups in total. The molecule has 0 aromatic heterocycles. The summed E-state index contributed by atoms with van der Waals surface area (Å²) in [7, 11) is 0. The van der Waals surface area contributed by atoms with E-state index in [-0.39, 0.29) is 10.2 Å². The van der Waals surface area contributed by atoms with Crippen molar-refractivity contribution in [3.05, 3.63) is 28.2 Å². The van der Waals surface area contributed by atoms with Crippen molar-refractivity contribution >= 4 is 39.5 Å². The molecule has 1 aliphatic heterocycles. The second-order valence-corrected chi connectivity index (χ2v) is 4.42. The molecule has 4 amide bonds. The number of nitrogens with zero attached hydrogens (tertiary/aromatic N) is 1. The first-order valence-corrected chi connectivity index (χ1v) is 5.57. The number of nitrogens with one attached hydrogen (secondary N) is 1. The van der Waals surface area contributed by atoms with Crippen LogP contribution in [0.3, 0.4) is 0 Å². The Morgan fingerprint density at radius 2 is 1.79 bits per heavy atom. The molecular formula is C10H4BrF3N2O3. The maximum atomic E-state index is 12.6. The summed E-state index contributed by atoms with van der Waals surface area (Å²) in [6.45, 7) is 0. The van der Waals surface area contributed by atoms with Crippen LogP contribution in [-0.4, -0.2) is 17.8 Å². The molecule has 9 heteroatoms. The molecule has 0 saturated carbocycles. The summed E-state index contributed by atoms with van der Waals surface area (Å²) in [5.41, 5.74) is -1.38. The van der Waals surface area contributed by atoms with Crippen LogP contribution in [0, 0.1) is 0 Å². The third-order valence-electron chi connectivity index (χ3n) is 2.34. The van der Waals surface area contributed by atoms with Gasteiger partial charge in [-0.2, -0.15) is 13.2 Å². The third kappa shape index (κ3) is 2.33. The molecule has 1 aromatic rings. The average molecular weight is 337 g/mol. The summed E-state index contributed by atoms with van der Waals surface area (Å²) in [6.07, 6.45) is -4.63. The lowest BCUT2D eigenvalue weighted by atomic mass is 10.2. The molecule has 19 heavy (non-hydrogen) atoms. The van der Waals surface area contributed by atoms with Gasteiger partial charge in [0.1, 0.15) is 0 Å². The molecule has 0 unspecified atom stereocenters. The number of anilines is 1. The fourth-order valence-corrected chi connectivity index (χ4v) is 1.90. The van der Waals surface area contributed by atoms with E-state index in [2.05, 4.69) is 15.9 Å². The van der Waals surface area contributed by atoms with E-state index in [4.69, 9.17) is 0 Å². The van der Waals surface area contributed by atoms with Crippen LogP contribution in [-0.2, 0) is 15.8 Å². The molecule has 1 aliphatic rings. The Labute approximate surface area is 112 Å². The second-order valence-electron chi connectivity index (χ2n) is 3.56. The highest BCUT2D eigenvalue weighted by atomic mass is 79.9. The lowest BCUT2D eigenvalue weighted by Crippen LogP contribution is -2.31. The molecule has 0 spiro atoms. The molecule has 0 atom stereocenters. The summed E-state index contributed by atoms with van der Waals surface area (Å²) in [6, 6.07) is 1.35. The minimum absolute atomic E-state index is 0.0821. The Balaban J connectivity index is 2.54. The van der Waals surface area contributed by atoms with E-state index >= 15 is 0 Å². The predicted molar refractivity (Wildman–Crippen MR) is 60.2 cm³/mol. The van der Waals surface area contributed by atoms with Gasteiger partial charge in [-0.05, 0) is 34.1 Å². The number of urea groups is 1. The van der Waals surface area contributed by atoms with Gasteiger partial charge in [0.25, 0.3) is 0 Å². The smallest absolute Gasteiger partial charge is 0.269 e. The van der Waals surface area contributed by atoms with Crippen LogP contribution in [0.2, 0.25) is 0 Å². The SMILES string of the molecule is O=C1NC(=O)N(c2cc(C(F)(F)F)ccc2Br)C1=O. The standard InChI is InChI=1S/C10H4BrF3N2O3/c11-5-2-1-4(10(12,13)14)3-6(5)16-8(18)7(17)15-9(16)19/h1-3H,(H,15,17,19). The molecule has 1 heterocycles. The van der Waals surface area contributed by atoms with Gasteiger partial charge in [-0.25, -0.2) is 9.69 Å². The van der Waals surface area contributed by atoms with Crippen LogP contribution < -0.4 is 10.2 Å². The van der Waals surface area contributed by atoms with E-state index < -0.39 is 29.6 Å². The van der Waals surface area contributed by atoms with Crippen molar-refractivity contribution in [2.45, 2.75) is 6.18 Å². The number of imide groups is 2. The van der Waals surface area contributed by atoms with E-state index in [1.54, 1.807) is 5.32 Å².